The van der Waals surface area contributed by atoms with E-state index in [0.29, 0.717) is 0 Å². The van der Waals surface area contributed by atoms with E-state index < -0.39 is 0 Å². The summed E-state index contributed by atoms with van der Waals surface area (Å²) in [5.41, 5.74) is 10.8. The molecule has 0 fully saturated rings. The van der Waals surface area contributed by atoms with Crippen molar-refractivity contribution in [3.63, 3.8) is 0 Å². The number of rotatable bonds is 1. The molecule has 96 valence electrons. The van der Waals surface area contributed by atoms with Crippen LogP contribution in [0.15, 0.2) is 30.3 Å². The van der Waals surface area contributed by atoms with Crippen LogP contribution in [0.2, 0.25) is 0 Å². The first kappa shape index (κ1) is 12.1. The van der Waals surface area contributed by atoms with Crippen LogP contribution in [0.5, 0.6) is 0 Å². The standard InChI is InChI=1S/C15H13FN2S/c1-8-5-11(17)7-12(9(8)2)15-18-13-4-3-10(16)6-14(13)19-15/h3-7H,17H2,1-2H3. The lowest BCUT2D eigenvalue weighted by molar-refractivity contribution is 0.630. The fourth-order valence-electron chi connectivity index (χ4n) is 2.12. The summed E-state index contributed by atoms with van der Waals surface area (Å²) in [6.07, 6.45) is 0. The van der Waals surface area contributed by atoms with Gasteiger partial charge in [0.05, 0.1) is 10.2 Å². The molecule has 0 saturated heterocycles. The van der Waals surface area contributed by atoms with Crippen molar-refractivity contribution in [3.05, 3.63) is 47.3 Å². The number of benzene rings is 2. The summed E-state index contributed by atoms with van der Waals surface area (Å²) in [5.74, 6) is -0.233. The Morgan fingerprint density at radius 2 is 1.95 bits per heavy atom. The van der Waals surface area contributed by atoms with Crippen molar-refractivity contribution >= 4 is 27.2 Å². The topological polar surface area (TPSA) is 38.9 Å². The number of aromatic nitrogens is 1. The number of fused-ring (bicyclic) bond motifs is 1. The monoisotopic (exact) mass is 272 g/mol. The maximum Gasteiger partial charge on any atom is 0.124 e. The number of nitrogens with two attached hydrogens (primary N) is 1. The maximum atomic E-state index is 13.2. The van der Waals surface area contributed by atoms with E-state index in [-0.39, 0.29) is 5.82 Å². The molecule has 3 aromatic rings. The average molecular weight is 272 g/mol. The Balaban J connectivity index is 2.24. The van der Waals surface area contributed by atoms with Gasteiger partial charge in [0.25, 0.3) is 0 Å². The zero-order chi connectivity index (χ0) is 13.6. The van der Waals surface area contributed by atoms with Gasteiger partial charge >= 0.3 is 0 Å². The number of hydrogen-bond donors (Lipinski definition) is 1. The lowest BCUT2D eigenvalue weighted by atomic mass is 10.0. The van der Waals surface area contributed by atoms with Gasteiger partial charge in [0.1, 0.15) is 10.8 Å². The molecule has 2 nitrogen and oxygen atoms in total. The van der Waals surface area contributed by atoms with Gasteiger partial charge in [-0.1, -0.05) is 0 Å². The predicted octanol–water partition coefficient (Wildman–Crippen LogP) is 4.30. The second kappa shape index (κ2) is 4.31. The second-order valence-electron chi connectivity index (χ2n) is 4.64. The van der Waals surface area contributed by atoms with E-state index in [1.807, 2.05) is 19.1 Å². The number of thiazole rings is 1. The van der Waals surface area contributed by atoms with E-state index in [1.54, 1.807) is 6.07 Å². The van der Waals surface area contributed by atoms with E-state index in [4.69, 9.17) is 5.73 Å². The molecular weight excluding hydrogens is 259 g/mol. The Morgan fingerprint density at radius 1 is 1.16 bits per heavy atom. The molecule has 0 radical (unpaired) electrons. The Kier molecular flexibility index (Phi) is 2.75. The molecular formula is C15H13FN2S. The largest absolute Gasteiger partial charge is 0.399 e. The van der Waals surface area contributed by atoms with Crippen molar-refractivity contribution in [2.45, 2.75) is 13.8 Å². The molecule has 0 amide bonds. The average Bonchev–Trinajstić information content (AvgIpc) is 2.76. The van der Waals surface area contributed by atoms with E-state index >= 15 is 0 Å². The molecule has 0 aliphatic heterocycles. The molecule has 0 unspecified atom stereocenters. The van der Waals surface area contributed by atoms with E-state index in [9.17, 15) is 4.39 Å². The zero-order valence-corrected chi connectivity index (χ0v) is 11.5. The normalized spacial score (nSPS) is 11.1. The van der Waals surface area contributed by atoms with Crippen molar-refractivity contribution in [2.24, 2.45) is 0 Å². The van der Waals surface area contributed by atoms with Crippen LogP contribution in [0.3, 0.4) is 0 Å². The molecule has 1 heterocycles. The number of anilines is 1. The summed E-state index contributed by atoms with van der Waals surface area (Å²) in [6.45, 7) is 4.08. The molecule has 1 aromatic heterocycles. The highest BCUT2D eigenvalue weighted by Gasteiger charge is 2.11. The fourth-order valence-corrected chi connectivity index (χ4v) is 3.19. The van der Waals surface area contributed by atoms with Crippen LogP contribution in [0.25, 0.3) is 20.8 Å². The third-order valence-corrected chi connectivity index (χ3v) is 4.32. The van der Waals surface area contributed by atoms with Gasteiger partial charge in [0.2, 0.25) is 0 Å². The Morgan fingerprint density at radius 3 is 2.74 bits per heavy atom. The highest BCUT2D eigenvalue weighted by atomic mass is 32.1. The van der Waals surface area contributed by atoms with Crippen molar-refractivity contribution in [3.8, 4) is 10.6 Å². The van der Waals surface area contributed by atoms with Crippen LogP contribution in [0.1, 0.15) is 11.1 Å². The SMILES string of the molecule is Cc1cc(N)cc(-c2nc3ccc(F)cc3s2)c1C. The molecule has 0 spiro atoms. The molecule has 0 aliphatic rings. The van der Waals surface area contributed by atoms with Crippen LogP contribution in [0, 0.1) is 19.7 Å². The number of aryl methyl sites for hydroxylation is 1. The van der Waals surface area contributed by atoms with Crippen molar-refractivity contribution in [1.82, 2.24) is 4.98 Å². The fraction of sp³-hybridized carbons (Fsp3) is 0.133. The summed E-state index contributed by atoms with van der Waals surface area (Å²) in [4.78, 5) is 4.56. The van der Waals surface area contributed by atoms with E-state index in [1.165, 1.54) is 23.5 Å². The molecule has 0 aliphatic carbocycles. The van der Waals surface area contributed by atoms with Crippen molar-refractivity contribution < 1.29 is 4.39 Å². The molecule has 2 N–H and O–H groups in total. The van der Waals surface area contributed by atoms with Gasteiger partial charge in [-0.25, -0.2) is 9.37 Å². The number of nitrogen functional groups attached to an aromatic ring is 1. The van der Waals surface area contributed by atoms with Gasteiger partial charge in [-0.2, -0.15) is 0 Å². The van der Waals surface area contributed by atoms with E-state index in [0.717, 1.165) is 37.6 Å². The Bertz CT molecular complexity index is 777. The first-order valence-corrected chi connectivity index (χ1v) is 6.79. The molecule has 19 heavy (non-hydrogen) atoms. The smallest absolute Gasteiger partial charge is 0.124 e. The van der Waals surface area contributed by atoms with Crippen molar-refractivity contribution in [1.29, 1.82) is 0 Å². The second-order valence-corrected chi connectivity index (χ2v) is 5.67. The quantitative estimate of drug-likeness (QED) is 0.671. The van der Waals surface area contributed by atoms with Crippen LogP contribution >= 0.6 is 11.3 Å². The van der Waals surface area contributed by atoms with Crippen LogP contribution in [-0.4, -0.2) is 4.98 Å². The van der Waals surface area contributed by atoms with Gasteiger partial charge in [-0.05, 0) is 55.3 Å². The van der Waals surface area contributed by atoms with Gasteiger partial charge in [0.15, 0.2) is 0 Å². The number of hydrogen-bond acceptors (Lipinski definition) is 3. The molecule has 0 saturated carbocycles. The van der Waals surface area contributed by atoms with Gasteiger partial charge in [-0.3, -0.25) is 0 Å². The highest BCUT2D eigenvalue weighted by Crippen LogP contribution is 2.34. The third kappa shape index (κ3) is 2.08. The first-order chi connectivity index (χ1) is 9.04. The van der Waals surface area contributed by atoms with Gasteiger partial charge < -0.3 is 5.73 Å². The van der Waals surface area contributed by atoms with Gasteiger partial charge in [-0.15, -0.1) is 11.3 Å². The Labute approximate surface area is 114 Å². The Hall–Kier alpha value is -1.94. The summed E-state index contributed by atoms with van der Waals surface area (Å²) in [5, 5.41) is 0.883. The third-order valence-electron chi connectivity index (χ3n) is 3.27. The van der Waals surface area contributed by atoms with Crippen LogP contribution in [-0.2, 0) is 0 Å². The zero-order valence-electron chi connectivity index (χ0n) is 10.7. The minimum atomic E-state index is -0.233. The van der Waals surface area contributed by atoms with Gasteiger partial charge in [0, 0.05) is 11.3 Å². The number of halogens is 1. The highest BCUT2D eigenvalue weighted by molar-refractivity contribution is 7.21. The lowest BCUT2D eigenvalue weighted by Crippen LogP contribution is -1.92. The lowest BCUT2D eigenvalue weighted by Gasteiger charge is -2.07. The summed E-state index contributed by atoms with van der Waals surface area (Å²) < 4.78 is 14.1. The van der Waals surface area contributed by atoms with E-state index in [2.05, 4.69) is 11.9 Å². The molecule has 4 heteroatoms. The maximum absolute atomic E-state index is 13.2. The summed E-state index contributed by atoms with van der Waals surface area (Å²) in [7, 11) is 0. The molecule has 2 aromatic carbocycles. The summed E-state index contributed by atoms with van der Waals surface area (Å²) >= 11 is 1.49. The predicted molar refractivity (Wildman–Crippen MR) is 78.9 cm³/mol. The van der Waals surface area contributed by atoms with Crippen LogP contribution in [0.4, 0.5) is 10.1 Å². The molecule has 0 atom stereocenters. The van der Waals surface area contributed by atoms with Crippen molar-refractivity contribution in [2.75, 3.05) is 5.73 Å². The van der Waals surface area contributed by atoms with Crippen LogP contribution < -0.4 is 5.73 Å². The summed E-state index contributed by atoms with van der Waals surface area (Å²) in [6, 6.07) is 8.54. The minimum Gasteiger partial charge on any atom is -0.399 e. The minimum absolute atomic E-state index is 0.233. The molecule has 3 rings (SSSR count). The first-order valence-electron chi connectivity index (χ1n) is 5.98. The molecule has 0 bridgehead atoms. The number of nitrogens with zero attached hydrogens (tertiary/aromatic N) is 1.